The Hall–Kier alpha value is -4.36. The van der Waals surface area contributed by atoms with Crippen LogP contribution in [0.25, 0.3) is 0 Å². The molecule has 1 aromatic heterocycles. The highest BCUT2D eigenvalue weighted by molar-refractivity contribution is 8.76. The van der Waals surface area contributed by atoms with Gasteiger partial charge in [0.25, 0.3) is 0 Å². The van der Waals surface area contributed by atoms with E-state index in [1.165, 1.54) is 27.2 Å². The number of carbonyl (C=O) groups excluding carboxylic acids is 3. The van der Waals surface area contributed by atoms with E-state index in [0.717, 1.165) is 30.4 Å². The number of hydrogen-bond donors (Lipinski definition) is 12. The summed E-state index contributed by atoms with van der Waals surface area (Å²) in [4.78, 5) is 52.5. The van der Waals surface area contributed by atoms with E-state index in [1.54, 1.807) is 37.4 Å². The number of phenols is 1. The van der Waals surface area contributed by atoms with Crippen molar-refractivity contribution in [2.75, 3.05) is 37.9 Å². The number of nitrogens with two attached hydrogens (primary N) is 2. The molecule has 0 radical (unpaired) electrons. The number of aromatic amines is 1. The van der Waals surface area contributed by atoms with Gasteiger partial charge in [-0.1, -0.05) is 65.1 Å². The number of allylic oxidation sites excluding steroid dienone is 3. The number of H-pyrrole nitrogens is 1. The van der Waals surface area contributed by atoms with Crippen molar-refractivity contribution in [2.45, 2.75) is 152 Å². The zero-order valence-corrected chi connectivity index (χ0v) is 49.7. The van der Waals surface area contributed by atoms with E-state index in [0.29, 0.717) is 36.5 Å². The molecule has 3 heterocycles. The van der Waals surface area contributed by atoms with Crippen LogP contribution in [-0.2, 0) is 19.1 Å². The van der Waals surface area contributed by atoms with Gasteiger partial charge in [-0.3, -0.25) is 19.4 Å². The van der Waals surface area contributed by atoms with Gasteiger partial charge in [0.2, 0.25) is 0 Å². The molecule has 14 N–H and O–H groups in total. The molecule has 19 heteroatoms. The molecule has 83 heavy (non-hydrogen) atoms. The van der Waals surface area contributed by atoms with Crippen LogP contribution in [0.5, 0.6) is 5.75 Å². The van der Waals surface area contributed by atoms with Gasteiger partial charge >= 0.3 is 5.97 Å². The lowest BCUT2D eigenvalue weighted by molar-refractivity contribution is -0.194. The number of cyclic esters (lactones) is 1. The number of benzene rings is 1. The fourth-order valence-corrected chi connectivity index (χ4v) is 21.6. The summed E-state index contributed by atoms with van der Waals surface area (Å²) >= 11 is 0. The monoisotopic (exact) mass is 1180 g/mol. The van der Waals surface area contributed by atoms with Crippen LogP contribution in [0.15, 0.2) is 70.6 Å². The van der Waals surface area contributed by atoms with Crippen molar-refractivity contribution < 1.29 is 60.0 Å². The van der Waals surface area contributed by atoms with Crippen molar-refractivity contribution in [3.63, 3.8) is 0 Å². The molecule has 17 nitrogen and oxygen atoms in total. The quantitative estimate of drug-likeness (QED) is 0.0403. The largest absolute Gasteiger partial charge is 0.508 e. The van der Waals surface area contributed by atoms with Gasteiger partial charge in [-0.05, 0) is 159 Å². The van der Waals surface area contributed by atoms with Crippen molar-refractivity contribution in [1.82, 2.24) is 10.3 Å². The van der Waals surface area contributed by atoms with Crippen molar-refractivity contribution in [3.8, 4) is 17.6 Å². The summed E-state index contributed by atoms with van der Waals surface area (Å²) in [6, 6.07) is 7.22. The minimum atomic E-state index is -2.01. The van der Waals surface area contributed by atoms with Crippen LogP contribution in [0.4, 0.5) is 0 Å². The van der Waals surface area contributed by atoms with E-state index in [4.69, 9.17) is 16.2 Å². The maximum Gasteiger partial charge on any atom is 0.313 e. The molecular weight excluding hydrogens is 1090 g/mol. The summed E-state index contributed by atoms with van der Waals surface area (Å²) in [6.45, 7) is 5.09. The maximum absolute atomic E-state index is 16.2. The summed E-state index contributed by atoms with van der Waals surface area (Å²) in [5.41, 5.74) is 8.97. The molecule has 452 valence electrons. The van der Waals surface area contributed by atoms with Crippen LogP contribution >= 0.6 is 21.6 Å². The number of aliphatic imine (C=N–C) groups is 1. The lowest BCUT2D eigenvalue weighted by Crippen LogP contribution is -2.67. The Morgan fingerprint density at radius 1 is 0.916 bits per heavy atom. The molecule has 7 aliphatic carbocycles. The smallest absolute Gasteiger partial charge is 0.313 e. The lowest BCUT2D eigenvalue weighted by Gasteiger charge is -2.63. The van der Waals surface area contributed by atoms with Crippen molar-refractivity contribution in [3.05, 3.63) is 76.8 Å². The van der Waals surface area contributed by atoms with Crippen LogP contribution in [-0.4, -0.2) is 143 Å². The van der Waals surface area contributed by atoms with Gasteiger partial charge in [-0.15, -0.1) is 5.92 Å². The van der Waals surface area contributed by atoms with E-state index in [2.05, 4.69) is 40.1 Å². The summed E-state index contributed by atoms with van der Waals surface area (Å²) < 4.78 is 5.93. The van der Waals surface area contributed by atoms with Gasteiger partial charge in [0.15, 0.2) is 17.5 Å². The highest BCUT2D eigenvalue weighted by atomic mass is 33.1. The fraction of sp³-hybridized carbons (Fsp3) is 0.688. The van der Waals surface area contributed by atoms with Crippen molar-refractivity contribution >= 4 is 45.1 Å². The first-order valence-corrected chi connectivity index (χ1v) is 33.0. The average Bonchev–Trinajstić information content (AvgIpc) is 1.69. The van der Waals surface area contributed by atoms with Gasteiger partial charge in [-0.2, -0.15) is 0 Å². The molecule has 2 saturated heterocycles. The molecule has 22 unspecified atom stereocenters. The molecule has 0 spiro atoms. The lowest BCUT2D eigenvalue weighted by atomic mass is 9.43. The number of nitrogens with one attached hydrogen (secondary N) is 2. The van der Waals surface area contributed by atoms with Crippen LogP contribution in [0.3, 0.4) is 0 Å². The second-order valence-corrected chi connectivity index (χ2v) is 29.7. The van der Waals surface area contributed by atoms with Crippen LogP contribution in [0.2, 0.25) is 0 Å². The zero-order chi connectivity index (χ0) is 58.9. The Kier molecular flexibility index (Phi) is 17.2. The van der Waals surface area contributed by atoms with Crippen LogP contribution in [0.1, 0.15) is 127 Å². The molecule has 9 aliphatic rings. The average molecular weight is 1180 g/mol. The number of fused-ring (bicyclic) bond motifs is 10. The molecule has 22 atom stereocenters. The number of esters is 1. The van der Waals surface area contributed by atoms with Crippen LogP contribution in [0, 0.1) is 93.7 Å². The SMILES string of the molecule is CC1CCC2=CCC3C(CO)CC(O)C(C)(O)C4C(CC#CC(C5COC(=O)C5c5cc[nH]c5)CC3C2C1)CC1(O)C2=C3NC(CO)C(=O)CC(c5ccc(O)cc5)CSSCC5C(O)C(O)CC(C)(C2CCC41CCN=C(N)N)C5C3=O. The standard InChI is InChI=1S/C64H87N5O12S2/c1-33-7-8-35-11-14-42-39(28-70)24-51(75)62(3,79)58-37(6-4-5-36(22-44(42)43(35)21-33)45-30-81-59(78)52(45)38-16-19-67-27-38)25-64(80)54-47(15-17-63(58,64)18-20-68-60(65)66)61(2)26-50(74)56(76)46-32-83-82-31-40(34-9-12-41(72)13-10-34)23-49(73)48(29-71)69-55(54)57(77)53(46)61/h9-13,16,19,27,33,36-37,39-40,42-48,50-53,56,58,67,69-72,74-76,79-80H,6-8,14-15,17-18,20-26,28-32H2,1-3H3,(H4,65,66,68). The molecule has 2 aromatic rings. The number of aromatic nitrogens is 1. The summed E-state index contributed by atoms with van der Waals surface area (Å²) in [7, 11) is 2.96. The number of aliphatic hydroxyl groups excluding tert-OH is 5. The predicted octanol–water partition coefficient (Wildman–Crippen LogP) is 5.22. The Bertz CT molecular complexity index is 2900. The molecule has 4 saturated carbocycles. The third kappa shape index (κ3) is 10.6. The number of ether oxygens (including phenoxy) is 1. The number of hydrogen-bond acceptors (Lipinski definition) is 16. The molecule has 2 bridgehead atoms. The number of rotatable bonds is 8. The van der Waals surface area contributed by atoms with Gasteiger partial charge in [0, 0.05) is 90.8 Å². The number of phenolic OH excluding ortho intramolecular Hbond substituents is 1. The van der Waals surface area contributed by atoms with E-state index in [9.17, 15) is 50.4 Å². The molecule has 2 aliphatic heterocycles. The zero-order valence-electron chi connectivity index (χ0n) is 48.1. The van der Waals surface area contributed by atoms with Crippen molar-refractivity contribution in [2.24, 2.45) is 98.3 Å². The topological polar surface area (TPSA) is 314 Å². The molecular formula is C64H87N5O12S2. The third-order valence-electron chi connectivity index (χ3n) is 22.7. The number of carbonyl (C=O) groups is 3. The molecule has 11 rings (SSSR count). The number of ketones is 2. The van der Waals surface area contributed by atoms with Crippen molar-refractivity contribution in [1.29, 1.82) is 0 Å². The molecule has 1 aromatic carbocycles. The summed E-state index contributed by atoms with van der Waals surface area (Å²) in [6.07, 6.45) is 7.08. The normalized spacial score (nSPS) is 43.8. The Morgan fingerprint density at radius 3 is 2.41 bits per heavy atom. The first kappa shape index (κ1) is 60.3. The Balaban J connectivity index is 1.09. The van der Waals surface area contributed by atoms with E-state index in [1.807, 2.05) is 19.2 Å². The minimum Gasteiger partial charge on any atom is -0.508 e. The second kappa shape index (κ2) is 23.7. The number of nitrogens with zero attached hydrogens (tertiary/aromatic N) is 1. The summed E-state index contributed by atoms with van der Waals surface area (Å²) in [5.74, 6) is 1.43. The number of Topliss-reactive ketones (excluding diaryl/α,β-unsaturated/α-hetero) is 2. The first-order chi connectivity index (χ1) is 39.6. The van der Waals surface area contributed by atoms with Crippen LogP contribution < -0.4 is 16.8 Å². The Morgan fingerprint density at radius 2 is 1.69 bits per heavy atom. The van der Waals surface area contributed by atoms with E-state index >= 15 is 4.79 Å². The van der Waals surface area contributed by atoms with E-state index in [-0.39, 0.29) is 135 Å². The summed E-state index contributed by atoms with van der Waals surface area (Å²) in [5, 5.41) is 102. The first-order valence-electron chi connectivity index (χ1n) is 30.5. The highest BCUT2D eigenvalue weighted by Crippen LogP contribution is 2.73. The second-order valence-electron chi connectivity index (χ2n) is 27.1. The van der Waals surface area contributed by atoms with Gasteiger partial charge in [0.05, 0.1) is 54.3 Å². The number of guanidine groups is 1. The van der Waals surface area contributed by atoms with Gasteiger partial charge in [0.1, 0.15) is 11.8 Å². The Labute approximate surface area is 495 Å². The maximum atomic E-state index is 16.2. The molecule has 0 amide bonds. The third-order valence-corrected chi connectivity index (χ3v) is 25.3. The minimum absolute atomic E-state index is 0.00560. The van der Waals surface area contributed by atoms with Gasteiger partial charge in [-0.25, -0.2) is 0 Å². The number of aliphatic hydroxyl groups is 7. The molecule has 6 fully saturated rings. The number of aromatic hydroxyl groups is 1. The predicted molar refractivity (Wildman–Crippen MR) is 317 cm³/mol. The fourth-order valence-electron chi connectivity index (χ4n) is 18.9. The highest BCUT2D eigenvalue weighted by Gasteiger charge is 2.75. The van der Waals surface area contributed by atoms with E-state index < -0.39 is 100 Å². The van der Waals surface area contributed by atoms with Gasteiger partial charge < -0.3 is 67.4 Å².